The molecule has 0 radical (unpaired) electrons. The summed E-state index contributed by atoms with van der Waals surface area (Å²) >= 11 is 1.96. The van der Waals surface area contributed by atoms with Gasteiger partial charge >= 0.3 is 0 Å². The van der Waals surface area contributed by atoms with E-state index >= 15 is 0 Å². The average molecular weight is 203 g/mol. The van der Waals surface area contributed by atoms with E-state index in [1.54, 1.807) is 0 Å². The zero-order valence-electron chi connectivity index (χ0n) is 9.27. The lowest BCUT2D eigenvalue weighted by Crippen LogP contribution is -2.16. The Balaban J connectivity index is 2.76. The van der Waals surface area contributed by atoms with Crippen LogP contribution in [0.2, 0.25) is 0 Å². The lowest BCUT2D eigenvalue weighted by molar-refractivity contribution is 0.583. The van der Waals surface area contributed by atoms with Gasteiger partial charge in [-0.1, -0.05) is 26.2 Å². The fourth-order valence-corrected chi connectivity index (χ4v) is 1.77. The van der Waals surface area contributed by atoms with Gasteiger partial charge in [-0.25, -0.2) is 0 Å². The highest BCUT2D eigenvalue weighted by molar-refractivity contribution is 7.98. The van der Waals surface area contributed by atoms with Gasteiger partial charge < -0.3 is 5.32 Å². The molecular weight excluding hydrogens is 178 g/mol. The second-order valence-corrected chi connectivity index (χ2v) is 4.50. The molecule has 0 aliphatic heterocycles. The Morgan fingerprint density at radius 3 is 2.31 bits per heavy atom. The van der Waals surface area contributed by atoms with Crippen LogP contribution in [-0.2, 0) is 0 Å². The molecule has 0 atom stereocenters. The highest BCUT2D eigenvalue weighted by atomic mass is 32.2. The molecule has 0 amide bonds. The average Bonchev–Trinajstić information content (AvgIpc) is 2.16. The first-order valence-corrected chi connectivity index (χ1v) is 7.00. The minimum Gasteiger partial charge on any atom is -0.317 e. The highest BCUT2D eigenvalue weighted by Crippen LogP contribution is 2.03. The van der Waals surface area contributed by atoms with Crippen molar-refractivity contribution in [3.63, 3.8) is 0 Å². The Morgan fingerprint density at radius 2 is 1.62 bits per heavy atom. The van der Waals surface area contributed by atoms with Crippen molar-refractivity contribution in [2.75, 3.05) is 25.1 Å². The van der Waals surface area contributed by atoms with E-state index in [4.69, 9.17) is 0 Å². The number of hydrogen-bond donors (Lipinski definition) is 1. The molecule has 1 nitrogen and oxygen atoms in total. The van der Waals surface area contributed by atoms with Gasteiger partial charge in [0.25, 0.3) is 0 Å². The lowest BCUT2D eigenvalue weighted by Gasteiger charge is -2.03. The monoisotopic (exact) mass is 203 g/mol. The van der Waals surface area contributed by atoms with Gasteiger partial charge in [0, 0.05) is 0 Å². The Kier molecular flexibility index (Phi) is 12.6. The molecule has 0 aliphatic carbocycles. The fraction of sp³-hybridized carbons (Fsp3) is 1.00. The molecule has 0 unspecified atom stereocenters. The van der Waals surface area contributed by atoms with Crippen LogP contribution in [0.4, 0.5) is 0 Å². The third-order valence-corrected chi connectivity index (χ3v) is 2.86. The first-order valence-electron chi connectivity index (χ1n) is 5.61. The van der Waals surface area contributed by atoms with Crippen LogP contribution in [0.25, 0.3) is 0 Å². The second kappa shape index (κ2) is 12.3. The van der Waals surface area contributed by atoms with Gasteiger partial charge in [0.1, 0.15) is 0 Å². The zero-order chi connectivity index (χ0) is 9.78. The van der Waals surface area contributed by atoms with Crippen LogP contribution >= 0.6 is 11.8 Å². The van der Waals surface area contributed by atoms with E-state index < -0.39 is 0 Å². The van der Waals surface area contributed by atoms with Gasteiger partial charge in [0.2, 0.25) is 0 Å². The summed E-state index contributed by atoms with van der Waals surface area (Å²) in [6, 6.07) is 0. The van der Waals surface area contributed by atoms with Crippen molar-refractivity contribution in [1.29, 1.82) is 0 Å². The molecule has 0 heterocycles. The molecule has 0 aromatic heterocycles. The molecule has 2 heteroatoms. The summed E-state index contributed by atoms with van der Waals surface area (Å²) in [4.78, 5) is 0. The lowest BCUT2D eigenvalue weighted by atomic mass is 10.2. The number of rotatable bonds is 10. The molecule has 0 rings (SSSR count). The molecule has 0 saturated carbocycles. The number of thioether (sulfide) groups is 1. The largest absolute Gasteiger partial charge is 0.317 e. The molecule has 0 fully saturated rings. The van der Waals surface area contributed by atoms with Gasteiger partial charge in [-0.05, 0) is 44.4 Å². The second-order valence-electron chi connectivity index (χ2n) is 3.51. The van der Waals surface area contributed by atoms with E-state index in [1.807, 2.05) is 11.8 Å². The normalized spacial score (nSPS) is 10.6. The van der Waals surface area contributed by atoms with Gasteiger partial charge in [-0.2, -0.15) is 11.8 Å². The summed E-state index contributed by atoms with van der Waals surface area (Å²) in [6.07, 6.45) is 10.4. The Bertz CT molecular complexity index is 76.2. The first-order chi connectivity index (χ1) is 6.41. The maximum Gasteiger partial charge on any atom is -0.00489 e. The highest BCUT2D eigenvalue weighted by Gasteiger charge is 1.89. The standard InChI is InChI=1S/C11H25NS/c1-3-4-9-12-10-7-5-6-8-11-13-2/h12H,3-11H2,1-2H3. The van der Waals surface area contributed by atoms with Crippen LogP contribution in [0, 0.1) is 0 Å². The van der Waals surface area contributed by atoms with E-state index in [0.717, 1.165) is 0 Å². The molecule has 0 bridgehead atoms. The summed E-state index contributed by atoms with van der Waals surface area (Å²) < 4.78 is 0. The van der Waals surface area contributed by atoms with E-state index in [1.165, 1.54) is 57.4 Å². The Labute approximate surface area is 88.1 Å². The van der Waals surface area contributed by atoms with Crippen molar-refractivity contribution < 1.29 is 0 Å². The smallest absolute Gasteiger partial charge is 0.00489 e. The van der Waals surface area contributed by atoms with Gasteiger partial charge in [0.15, 0.2) is 0 Å². The van der Waals surface area contributed by atoms with Crippen molar-refractivity contribution in [3.8, 4) is 0 Å². The van der Waals surface area contributed by atoms with Crippen molar-refractivity contribution in [2.45, 2.75) is 45.4 Å². The van der Waals surface area contributed by atoms with Crippen molar-refractivity contribution in [1.82, 2.24) is 5.32 Å². The van der Waals surface area contributed by atoms with Crippen LogP contribution in [-0.4, -0.2) is 25.1 Å². The van der Waals surface area contributed by atoms with Crippen LogP contribution in [0.3, 0.4) is 0 Å². The molecule has 0 aromatic rings. The van der Waals surface area contributed by atoms with Gasteiger partial charge in [-0.15, -0.1) is 0 Å². The maximum absolute atomic E-state index is 3.47. The van der Waals surface area contributed by atoms with E-state index in [2.05, 4.69) is 18.5 Å². The predicted molar refractivity (Wildman–Crippen MR) is 64.6 cm³/mol. The number of unbranched alkanes of at least 4 members (excludes halogenated alkanes) is 4. The van der Waals surface area contributed by atoms with Crippen molar-refractivity contribution in [3.05, 3.63) is 0 Å². The van der Waals surface area contributed by atoms with Gasteiger partial charge in [-0.3, -0.25) is 0 Å². The predicted octanol–water partition coefficient (Wildman–Crippen LogP) is 3.30. The van der Waals surface area contributed by atoms with Crippen LogP contribution < -0.4 is 5.32 Å². The molecule has 0 saturated heterocycles. The van der Waals surface area contributed by atoms with Crippen LogP contribution in [0.1, 0.15) is 45.4 Å². The quantitative estimate of drug-likeness (QED) is 0.547. The number of nitrogens with one attached hydrogen (secondary N) is 1. The number of hydrogen-bond acceptors (Lipinski definition) is 2. The van der Waals surface area contributed by atoms with Crippen molar-refractivity contribution in [2.24, 2.45) is 0 Å². The molecule has 0 spiro atoms. The molecule has 0 aliphatic rings. The summed E-state index contributed by atoms with van der Waals surface area (Å²) in [5.74, 6) is 1.34. The summed E-state index contributed by atoms with van der Waals surface area (Å²) in [6.45, 7) is 4.67. The zero-order valence-corrected chi connectivity index (χ0v) is 10.1. The third kappa shape index (κ3) is 12.3. The minimum atomic E-state index is 1.21. The van der Waals surface area contributed by atoms with Gasteiger partial charge in [0.05, 0.1) is 0 Å². The van der Waals surface area contributed by atoms with E-state index in [9.17, 15) is 0 Å². The maximum atomic E-state index is 3.47. The summed E-state index contributed by atoms with van der Waals surface area (Å²) in [7, 11) is 0. The first kappa shape index (κ1) is 13.3. The Morgan fingerprint density at radius 1 is 0.923 bits per heavy atom. The molecule has 80 valence electrons. The molecule has 13 heavy (non-hydrogen) atoms. The Hall–Kier alpha value is 0.310. The fourth-order valence-electron chi connectivity index (χ4n) is 1.28. The molecule has 1 N–H and O–H groups in total. The minimum absolute atomic E-state index is 1.21. The third-order valence-electron chi connectivity index (χ3n) is 2.16. The summed E-state index contributed by atoms with van der Waals surface area (Å²) in [5.41, 5.74) is 0. The van der Waals surface area contributed by atoms with E-state index in [0.29, 0.717) is 0 Å². The summed E-state index contributed by atoms with van der Waals surface area (Å²) in [5, 5.41) is 3.47. The topological polar surface area (TPSA) is 12.0 Å². The molecule has 0 aromatic carbocycles. The van der Waals surface area contributed by atoms with Crippen molar-refractivity contribution >= 4 is 11.8 Å². The van der Waals surface area contributed by atoms with Crippen LogP contribution in [0.15, 0.2) is 0 Å². The van der Waals surface area contributed by atoms with Crippen LogP contribution in [0.5, 0.6) is 0 Å². The molecular formula is C11H25NS. The van der Waals surface area contributed by atoms with E-state index in [-0.39, 0.29) is 0 Å². The SMILES string of the molecule is CCCCNCCCCCCSC.